The third-order valence-corrected chi connectivity index (χ3v) is 2.61. The van der Waals surface area contributed by atoms with Crippen LogP contribution in [0.3, 0.4) is 0 Å². The first-order valence-electron chi connectivity index (χ1n) is 4.19. The molecule has 1 N–H and O–H groups in total. The molecular formula is C8H10N3O. The topological polar surface area (TPSA) is 41.2 Å². The van der Waals surface area contributed by atoms with Gasteiger partial charge in [0.05, 0.1) is 24.9 Å². The van der Waals surface area contributed by atoms with Gasteiger partial charge in [0.15, 0.2) is 0 Å². The minimum Gasteiger partial charge on any atom is -0.378 e. The number of fused-ring (bicyclic) bond motifs is 1. The van der Waals surface area contributed by atoms with Crippen LogP contribution in [0, 0.1) is 6.20 Å². The first-order chi connectivity index (χ1) is 5.93. The van der Waals surface area contributed by atoms with Gasteiger partial charge in [-0.2, -0.15) is 5.10 Å². The highest BCUT2D eigenvalue weighted by Gasteiger charge is 2.31. The quantitative estimate of drug-likeness (QED) is 0.631. The van der Waals surface area contributed by atoms with E-state index in [1.54, 1.807) is 0 Å². The zero-order valence-electron chi connectivity index (χ0n) is 6.71. The number of nitrogens with zero attached hydrogens (tertiary/aromatic N) is 2. The lowest BCUT2D eigenvalue weighted by atomic mass is 10.2. The third-order valence-electron chi connectivity index (χ3n) is 2.61. The van der Waals surface area contributed by atoms with E-state index >= 15 is 0 Å². The lowest BCUT2D eigenvalue weighted by molar-refractivity contribution is -0.0673. The summed E-state index contributed by atoms with van der Waals surface area (Å²) in [4.78, 5) is 2.41. The summed E-state index contributed by atoms with van der Waals surface area (Å²) in [5, 5.41) is 6.84. The number of hydrogen-bond acceptors (Lipinski definition) is 3. The van der Waals surface area contributed by atoms with Crippen LogP contribution in [0.2, 0.25) is 0 Å². The van der Waals surface area contributed by atoms with Crippen molar-refractivity contribution in [1.82, 2.24) is 15.1 Å². The van der Waals surface area contributed by atoms with E-state index in [1.165, 1.54) is 11.3 Å². The van der Waals surface area contributed by atoms with Gasteiger partial charge in [-0.25, -0.2) is 0 Å². The summed E-state index contributed by atoms with van der Waals surface area (Å²) in [5.41, 5.74) is 2.45. The van der Waals surface area contributed by atoms with Gasteiger partial charge in [0.2, 0.25) is 0 Å². The molecule has 0 unspecified atom stereocenters. The monoisotopic (exact) mass is 164 g/mol. The maximum absolute atomic E-state index is 5.14. The number of aromatic nitrogens is 2. The summed E-state index contributed by atoms with van der Waals surface area (Å²) in [6.45, 7) is 3.75. The summed E-state index contributed by atoms with van der Waals surface area (Å²) >= 11 is 0. The molecule has 0 aliphatic carbocycles. The second-order valence-corrected chi connectivity index (χ2v) is 3.39. The lowest BCUT2D eigenvalue weighted by Gasteiger charge is -2.34. The number of H-pyrrole nitrogens is 1. The van der Waals surface area contributed by atoms with Crippen LogP contribution >= 0.6 is 0 Å². The highest BCUT2D eigenvalue weighted by Crippen LogP contribution is 2.24. The molecule has 2 aliphatic rings. The van der Waals surface area contributed by atoms with Crippen molar-refractivity contribution in [3.63, 3.8) is 0 Å². The van der Waals surface area contributed by atoms with E-state index in [9.17, 15) is 0 Å². The van der Waals surface area contributed by atoms with Gasteiger partial charge < -0.3 is 4.74 Å². The van der Waals surface area contributed by atoms with Gasteiger partial charge >= 0.3 is 0 Å². The number of aromatic amines is 1. The molecule has 0 spiro atoms. The zero-order valence-corrected chi connectivity index (χ0v) is 6.71. The van der Waals surface area contributed by atoms with E-state index < -0.39 is 0 Å². The molecule has 12 heavy (non-hydrogen) atoms. The van der Waals surface area contributed by atoms with E-state index in [1.807, 2.05) is 0 Å². The van der Waals surface area contributed by atoms with Gasteiger partial charge in [0.1, 0.15) is 6.20 Å². The first kappa shape index (κ1) is 6.62. The third kappa shape index (κ3) is 0.820. The predicted octanol–water partition coefficient (Wildman–Crippen LogP) is -0.0757. The Morgan fingerprint density at radius 1 is 1.50 bits per heavy atom. The van der Waals surface area contributed by atoms with Crippen molar-refractivity contribution in [2.45, 2.75) is 19.1 Å². The van der Waals surface area contributed by atoms with E-state index in [4.69, 9.17) is 4.74 Å². The summed E-state index contributed by atoms with van der Waals surface area (Å²) in [6, 6.07) is 0.624. The molecule has 63 valence electrons. The highest BCUT2D eigenvalue weighted by atomic mass is 16.5. The Hall–Kier alpha value is -0.870. The summed E-state index contributed by atoms with van der Waals surface area (Å²) in [6.07, 6.45) is 2.96. The van der Waals surface area contributed by atoms with Crippen molar-refractivity contribution in [2.75, 3.05) is 13.2 Å². The fourth-order valence-corrected chi connectivity index (χ4v) is 1.71. The van der Waals surface area contributed by atoms with Crippen LogP contribution in [0.1, 0.15) is 11.3 Å². The summed E-state index contributed by atoms with van der Waals surface area (Å²) in [7, 11) is 0. The van der Waals surface area contributed by atoms with Crippen molar-refractivity contribution >= 4 is 0 Å². The minimum absolute atomic E-state index is 0.624. The maximum atomic E-state index is 5.14. The second kappa shape index (κ2) is 2.31. The fourth-order valence-electron chi connectivity index (χ4n) is 1.71. The smallest absolute Gasteiger partial charge is 0.117 e. The van der Waals surface area contributed by atoms with Crippen molar-refractivity contribution in [3.8, 4) is 0 Å². The van der Waals surface area contributed by atoms with Crippen molar-refractivity contribution in [3.05, 3.63) is 17.5 Å². The molecular weight excluding hydrogens is 154 g/mol. The van der Waals surface area contributed by atoms with Crippen LogP contribution in [-0.4, -0.2) is 34.4 Å². The van der Waals surface area contributed by atoms with Crippen LogP contribution in [-0.2, 0) is 17.8 Å². The largest absolute Gasteiger partial charge is 0.378 e. The number of rotatable bonds is 1. The van der Waals surface area contributed by atoms with E-state index in [0.717, 1.165) is 26.3 Å². The van der Waals surface area contributed by atoms with Crippen molar-refractivity contribution in [1.29, 1.82) is 0 Å². The van der Waals surface area contributed by atoms with E-state index in [0.29, 0.717) is 6.04 Å². The van der Waals surface area contributed by atoms with Gasteiger partial charge in [-0.3, -0.25) is 10.00 Å². The van der Waals surface area contributed by atoms with Crippen LogP contribution < -0.4 is 0 Å². The van der Waals surface area contributed by atoms with Crippen LogP contribution in [0.25, 0.3) is 0 Å². The molecule has 1 saturated heterocycles. The minimum atomic E-state index is 0.624. The maximum Gasteiger partial charge on any atom is 0.117 e. The van der Waals surface area contributed by atoms with Gasteiger partial charge in [0, 0.05) is 18.7 Å². The average Bonchev–Trinajstić information content (AvgIpc) is 2.40. The molecule has 0 aromatic carbocycles. The molecule has 4 nitrogen and oxygen atoms in total. The van der Waals surface area contributed by atoms with Crippen LogP contribution in [0.5, 0.6) is 0 Å². The number of hydrogen-bond donors (Lipinski definition) is 1. The van der Waals surface area contributed by atoms with E-state index in [2.05, 4.69) is 21.3 Å². The van der Waals surface area contributed by atoms with Gasteiger partial charge in [-0.15, -0.1) is 0 Å². The summed E-state index contributed by atoms with van der Waals surface area (Å²) < 4.78 is 5.14. The molecule has 4 heteroatoms. The average molecular weight is 164 g/mol. The molecule has 3 rings (SSSR count). The fraction of sp³-hybridized carbons (Fsp3) is 0.625. The standard InChI is InChI=1S/C8H10N3O/c1-6-2-11(7-4-12-5-7)3-8(6)10-9-1/h7H,2-5H2,(H,9,10). The lowest BCUT2D eigenvalue weighted by Crippen LogP contribution is -2.46. The van der Waals surface area contributed by atoms with Gasteiger partial charge in [0.25, 0.3) is 0 Å². The normalized spacial score (nSPS) is 24.0. The molecule has 2 aliphatic heterocycles. The first-order valence-corrected chi connectivity index (χ1v) is 4.19. The summed E-state index contributed by atoms with van der Waals surface area (Å²) in [5.74, 6) is 0. The molecule has 3 heterocycles. The Kier molecular flexibility index (Phi) is 1.27. The SMILES string of the molecule is [c]1n[nH]c2c1CN(C1COC1)C2. The van der Waals surface area contributed by atoms with Crippen molar-refractivity contribution < 1.29 is 4.74 Å². The molecule has 0 atom stereocenters. The molecule has 1 aromatic rings. The molecule has 1 radical (unpaired) electrons. The highest BCUT2D eigenvalue weighted by molar-refractivity contribution is 5.20. The van der Waals surface area contributed by atoms with Crippen LogP contribution in [0.4, 0.5) is 0 Å². The number of ether oxygens (including phenoxy) is 1. The molecule has 1 aromatic heterocycles. The predicted molar refractivity (Wildman–Crippen MR) is 41.3 cm³/mol. The Balaban J connectivity index is 1.77. The molecule has 0 saturated carbocycles. The molecule has 1 fully saturated rings. The molecule has 0 bridgehead atoms. The van der Waals surface area contributed by atoms with Gasteiger partial charge in [-0.1, -0.05) is 0 Å². The van der Waals surface area contributed by atoms with Gasteiger partial charge in [-0.05, 0) is 0 Å². The Morgan fingerprint density at radius 2 is 2.42 bits per heavy atom. The Labute approximate surface area is 70.5 Å². The van der Waals surface area contributed by atoms with Crippen LogP contribution in [0.15, 0.2) is 0 Å². The zero-order chi connectivity index (χ0) is 7.97. The Bertz CT molecular complexity index is 272. The second-order valence-electron chi connectivity index (χ2n) is 3.39. The van der Waals surface area contributed by atoms with E-state index in [-0.39, 0.29) is 0 Å². The van der Waals surface area contributed by atoms with Crippen molar-refractivity contribution in [2.24, 2.45) is 0 Å². The Morgan fingerprint density at radius 3 is 3.08 bits per heavy atom. The molecule has 0 amide bonds. The number of nitrogens with one attached hydrogen (secondary N) is 1.